The molecule has 2 heterocycles. The molecule has 2 N–H and O–H groups in total. The SMILES string of the molecule is Cc1nc(N[C@H]2CC[C@@H](NC(=O)c3ccccn3)CC2)nc(N(C)C)c1C. The molecule has 0 aromatic carbocycles. The van der Waals surface area contributed by atoms with E-state index in [-0.39, 0.29) is 11.9 Å². The molecule has 7 nitrogen and oxygen atoms in total. The van der Waals surface area contributed by atoms with Crippen LogP contribution >= 0.6 is 0 Å². The zero-order valence-electron chi connectivity index (χ0n) is 16.5. The summed E-state index contributed by atoms with van der Waals surface area (Å²) < 4.78 is 0. The summed E-state index contributed by atoms with van der Waals surface area (Å²) in [6, 6.07) is 5.89. The number of amides is 1. The van der Waals surface area contributed by atoms with Crippen molar-refractivity contribution in [1.29, 1.82) is 0 Å². The van der Waals surface area contributed by atoms with Crippen molar-refractivity contribution in [2.24, 2.45) is 0 Å². The Kier molecular flexibility index (Phi) is 5.88. The molecule has 0 spiro atoms. The molecule has 0 unspecified atom stereocenters. The fourth-order valence-electron chi connectivity index (χ4n) is 3.43. The number of hydrogen-bond donors (Lipinski definition) is 2. The van der Waals surface area contributed by atoms with Gasteiger partial charge in [0.15, 0.2) is 0 Å². The highest BCUT2D eigenvalue weighted by Gasteiger charge is 2.24. The van der Waals surface area contributed by atoms with Gasteiger partial charge in [-0.3, -0.25) is 9.78 Å². The maximum atomic E-state index is 12.2. The van der Waals surface area contributed by atoms with Crippen LogP contribution in [0.3, 0.4) is 0 Å². The second kappa shape index (κ2) is 8.33. The van der Waals surface area contributed by atoms with Crippen LogP contribution in [0, 0.1) is 13.8 Å². The average Bonchev–Trinajstić information content (AvgIpc) is 2.66. The van der Waals surface area contributed by atoms with E-state index in [4.69, 9.17) is 0 Å². The van der Waals surface area contributed by atoms with Crippen LogP contribution in [0.1, 0.15) is 47.4 Å². The molecule has 1 saturated carbocycles. The van der Waals surface area contributed by atoms with Crippen LogP contribution in [0.4, 0.5) is 11.8 Å². The minimum Gasteiger partial charge on any atom is -0.362 e. The molecule has 2 aromatic heterocycles. The topological polar surface area (TPSA) is 83.0 Å². The predicted molar refractivity (Wildman–Crippen MR) is 107 cm³/mol. The summed E-state index contributed by atoms with van der Waals surface area (Å²) in [7, 11) is 3.99. The second-order valence-corrected chi connectivity index (χ2v) is 7.36. The van der Waals surface area contributed by atoms with Crippen molar-refractivity contribution in [3.05, 3.63) is 41.3 Å². The van der Waals surface area contributed by atoms with Crippen LogP contribution in [0.15, 0.2) is 24.4 Å². The minimum atomic E-state index is -0.0971. The van der Waals surface area contributed by atoms with E-state index in [1.807, 2.05) is 45.0 Å². The molecule has 0 bridgehead atoms. The first-order chi connectivity index (χ1) is 12.9. The molecule has 3 rings (SSSR count). The van der Waals surface area contributed by atoms with E-state index >= 15 is 0 Å². The van der Waals surface area contributed by atoms with Gasteiger partial charge in [0.1, 0.15) is 11.5 Å². The van der Waals surface area contributed by atoms with E-state index in [0.29, 0.717) is 17.7 Å². The minimum absolute atomic E-state index is 0.0971. The number of aryl methyl sites for hydroxylation is 1. The van der Waals surface area contributed by atoms with E-state index in [1.54, 1.807) is 12.3 Å². The normalized spacial score (nSPS) is 19.4. The third-order valence-electron chi connectivity index (χ3n) is 5.08. The van der Waals surface area contributed by atoms with E-state index < -0.39 is 0 Å². The monoisotopic (exact) mass is 368 g/mol. The number of pyridine rings is 1. The van der Waals surface area contributed by atoms with Gasteiger partial charge in [0.2, 0.25) is 5.95 Å². The van der Waals surface area contributed by atoms with Crippen molar-refractivity contribution in [3.63, 3.8) is 0 Å². The first-order valence-corrected chi connectivity index (χ1v) is 9.45. The molecule has 144 valence electrons. The molecule has 0 atom stereocenters. The summed E-state index contributed by atoms with van der Waals surface area (Å²) in [5.74, 6) is 1.53. The third-order valence-corrected chi connectivity index (χ3v) is 5.08. The van der Waals surface area contributed by atoms with Gasteiger partial charge in [0.25, 0.3) is 5.91 Å². The summed E-state index contributed by atoms with van der Waals surface area (Å²) in [6.07, 6.45) is 5.45. The number of rotatable bonds is 5. The van der Waals surface area contributed by atoms with Gasteiger partial charge < -0.3 is 15.5 Å². The van der Waals surface area contributed by atoms with Crippen molar-refractivity contribution in [2.75, 3.05) is 24.3 Å². The first kappa shape index (κ1) is 19.1. The molecule has 2 aromatic rings. The molecule has 7 heteroatoms. The van der Waals surface area contributed by atoms with Crippen molar-refractivity contribution in [1.82, 2.24) is 20.3 Å². The van der Waals surface area contributed by atoms with Crippen LogP contribution in [0.2, 0.25) is 0 Å². The Morgan fingerprint density at radius 3 is 2.41 bits per heavy atom. The third kappa shape index (κ3) is 4.72. The van der Waals surface area contributed by atoms with Gasteiger partial charge in [0, 0.05) is 43.6 Å². The molecule has 27 heavy (non-hydrogen) atoms. The summed E-state index contributed by atoms with van der Waals surface area (Å²) in [5.41, 5.74) is 2.57. The summed E-state index contributed by atoms with van der Waals surface area (Å²) >= 11 is 0. The van der Waals surface area contributed by atoms with Crippen molar-refractivity contribution >= 4 is 17.7 Å². The lowest BCUT2D eigenvalue weighted by atomic mass is 9.91. The number of nitrogens with one attached hydrogen (secondary N) is 2. The largest absolute Gasteiger partial charge is 0.362 e. The summed E-state index contributed by atoms with van der Waals surface area (Å²) in [6.45, 7) is 4.06. The van der Waals surface area contributed by atoms with E-state index in [9.17, 15) is 4.79 Å². The molecular formula is C20H28N6O. The van der Waals surface area contributed by atoms with Gasteiger partial charge in [-0.05, 0) is 51.7 Å². The van der Waals surface area contributed by atoms with Gasteiger partial charge >= 0.3 is 0 Å². The van der Waals surface area contributed by atoms with Crippen LogP contribution in [-0.4, -0.2) is 47.0 Å². The zero-order valence-corrected chi connectivity index (χ0v) is 16.5. The Hall–Kier alpha value is -2.70. The van der Waals surface area contributed by atoms with Gasteiger partial charge in [0.05, 0.1) is 0 Å². The lowest BCUT2D eigenvalue weighted by Crippen LogP contribution is -2.40. The number of hydrogen-bond acceptors (Lipinski definition) is 6. The smallest absolute Gasteiger partial charge is 0.270 e. The number of aromatic nitrogens is 3. The molecule has 0 aliphatic heterocycles. The van der Waals surface area contributed by atoms with Gasteiger partial charge in [-0.2, -0.15) is 4.98 Å². The van der Waals surface area contributed by atoms with Crippen molar-refractivity contribution in [2.45, 2.75) is 51.6 Å². The molecule has 0 radical (unpaired) electrons. The molecule has 1 amide bonds. The lowest BCUT2D eigenvalue weighted by molar-refractivity contribution is 0.0921. The Morgan fingerprint density at radius 2 is 1.78 bits per heavy atom. The summed E-state index contributed by atoms with van der Waals surface area (Å²) in [5, 5.41) is 6.57. The second-order valence-electron chi connectivity index (χ2n) is 7.36. The Morgan fingerprint density at radius 1 is 1.07 bits per heavy atom. The predicted octanol–water partition coefficient (Wildman–Crippen LogP) is 2.71. The standard InChI is InChI=1S/C20H28N6O/c1-13-14(2)22-20(25-18(13)26(3)4)24-16-10-8-15(9-11-16)23-19(27)17-7-5-6-12-21-17/h5-7,12,15-16H,8-11H2,1-4H3,(H,23,27)(H,22,24,25)/t15-,16+. The highest BCUT2D eigenvalue weighted by molar-refractivity contribution is 5.92. The Labute approximate surface area is 160 Å². The van der Waals surface area contributed by atoms with Crippen molar-refractivity contribution < 1.29 is 4.79 Å². The van der Waals surface area contributed by atoms with Crippen molar-refractivity contribution in [3.8, 4) is 0 Å². The van der Waals surface area contributed by atoms with E-state index in [1.165, 1.54) is 0 Å². The van der Waals surface area contributed by atoms with Crippen LogP contribution < -0.4 is 15.5 Å². The number of carbonyl (C=O) groups excluding carboxylic acids is 1. The molecule has 1 aliphatic carbocycles. The van der Waals surface area contributed by atoms with Gasteiger partial charge in [-0.25, -0.2) is 4.98 Å². The highest BCUT2D eigenvalue weighted by Crippen LogP contribution is 2.24. The molecule has 1 fully saturated rings. The van der Waals surface area contributed by atoms with E-state index in [2.05, 4.69) is 25.6 Å². The average molecular weight is 368 g/mol. The molecule has 0 saturated heterocycles. The first-order valence-electron chi connectivity index (χ1n) is 9.45. The Bertz CT molecular complexity index is 785. The number of nitrogens with zero attached hydrogens (tertiary/aromatic N) is 4. The number of carbonyl (C=O) groups is 1. The fourth-order valence-corrected chi connectivity index (χ4v) is 3.43. The highest BCUT2D eigenvalue weighted by atomic mass is 16.1. The summed E-state index contributed by atoms with van der Waals surface area (Å²) in [4.78, 5) is 27.6. The maximum absolute atomic E-state index is 12.2. The Balaban J connectivity index is 1.55. The number of anilines is 2. The quantitative estimate of drug-likeness (QED) is 0.844. The van der Waals surface area contributed by atoms with Gasteiger partial charge in [-0.1, -0.05) is 6.07 Å². The molecule has 1 aliphatic rings. The maximum Gasteiger partial charge on any atom is 0.270 e. The van der Waals surface area contributed by atoms with Crippen LogP contribution in [0.25, 0.3) is 0 Å². The zero-order chi connectivity index (χ0) is 19.4. The van der Waals surface area contributed by atoms with Crippen LogP contribution in [-0.2, 0) is 0 Å². The van der Waals surface area contributed by atoms with Crippen LogP contribution in [0.5, 0.6) is 0 Å². The molecular weight excluding hydrogens is 340 g/mol. The lowest BCUT2D eigenvalue weighted by Gasteiger charge is -2.30. The van der Waals surface area contributed by atoms with Gasteiger partial charge in [-0.15, -0.1) is 0 Å². The fraction of sp³-hybridized carbons (Fsp3) is 0.500. The van der Waals surface area contributed by atoms with E-state index in [0.717, 1.165) is 42.8 Å².